The number of imide groups is 1. The number of esters is 1. The van der Waals surface area contributed by atoms with Crippen molar-refractivity contribution in [3.8, 4) is 0 Å². The minimum Gasteiger partial charge on any atom is -0.458 e. The van der Waals surface area contributed by atoms with Crippen LogP contribution in [0.15, 0.2) is 0 Å². The van der Waals surface area contributed by atoms with Crippen molar-refractivity contribution in [2.75, 3.05) is 6.61 Å². The van der Waals surface area contributed by atoms with Crippen LogP contribution >= 0.6 is 0 Å². The zero-order valence-corrected chi connectivity index (χ0v) is 16.9. The maximum absolute atomic E-state index is 14.1. The van der Waals surface area contributed by atoms with Gasteiger partial charge in [-0.2, -0.15) is 39.5 Å². The Kier molecular flexibility index (Phi) is 7.34. The predicted octanol–water partition coefficient (Wildman–Crippen LogP) is 4.56. The average Bonchev–Trinajstić information content (AvgIpc) is 2.95. The van der Waals surface area contributed by atoms with Crippen molar-refractivity contribution in [1.29, 1.82) is 0 Å². The third-order valence-electron chi connectivity index (χ3n) is 4.40. The van der Waals surface area contributed by atoms with Gasteiger partial charge in [-0.05, 0) is 6.92 Å². The summed E-state index contributed by atoms with van der Waals surface area (Å²) in [5, 5.41) is 0. The topological polar surface area (TPSA) is 72.9 Å². The molecule has 1 unspecified atom stereocenters. The molecule has 1 aliphatic heterocycles. The van der Waals surface area contributed by atoms with E-state index >= 15 is 0 Å². The summed E-state index contributed by atoms with van der Waals surface area (Å²) in [6.45, 7) is -2.48. The number of hydrogen-bond acceptors (Lipinski definition) is 5. The molecule has 2 rings (SSSR count). The van der Waals surface area contributed by atoms with Crippen LogP contribution in [-0.2, 0) is 14.3 Å². The molecule has 19 heteroatoms. The molecule has 0 fully saturated rings. The van der Waals surface area contributed by atoms with Crippen LogP contribution in [0.5, 0.6) is 0 Å². The van der Waals surface area contributed by atoms with E-state index in [1.54, 1.807) is 0 Å². The van der Waals surface area contributed by atoms with Gasteiger partial charge in [0.25, 0.3) is 11.8 Å². The molecule has 202 valence electrons. The van der Waals surface area contributed by atoms with Crippen molar-refractivity contribution < 1.29 is 80.9 Å². The lowest BCUT2D eigenvalue weighted by Gasteiger charge is -2.32. The Hall–Kier alpha value is -3.12. The first-order valence-corrected chi connectivity index (χ1v) is 8.85. The number of benzene rings is 1. The number of halogens is 13. The van der Waals surface area contributed by atoms with E-state index in [4.69, 9.17) is 0 Å². The normalized spacial score (nSPS) is 17.2. The van der Waals surface area contributed by atoms with Crippen molar-refractivity contribution in [2.24, 2.45) is 0 Å². The first kappa shape index (κ1) is 29.1. The van der Waals surface area contributed by atoms with Gasteiger partial charge < -0.3 is 4.74 Å². The van der Waals surface area contributed by atoms with E-state index in [-0.39, 0.29) is 0 Å². The lowest BCUT2D eigenvalue weighted by molar-refractivity contribution is -0.428. The molecule has 2 amide bonds. The number of carbonyl (C=O) groups is 3. The summed E-state index contributed by atoms with van der Waals surface area (Å²) < 4.78 is 176. The Morgan fingerprint density at radius 1 is 0.806 bits per heavy atom. The molecule has 36 heavy (non-hydrogen) atoms. The van der Waals surface area contributed by atoms with E-state index in [9.17, 15) is 71.5 Å². The van der Waals surface area contributed by atoms with Crippen LogP contribution in [0.3, 0.4) is 0 Å². The van der Waals surface area contributed by atoms with Gasteiger partial charge in [-0.25, -0.2) is 22.4 Å². The molecule has 1 aromatic rings. The van der Waals surface area contributed by atoms with Crippen LogP contribution in [0.4, 0.5) is 57.1 Å². The molecular formula is C17H8F13NO5. The van der Waals surface area contributed by atoms with Crippen LogP contribution in [0, 0.1) is 23.3 Å². The Morgan fingerprint density at radius 3 is 1.58 bits per heavy atom. The van der Waals surface area contributed by atoms with Gasteiger partial charge in [-0.15, -0.1) is 0 Å². The lowest BCUT2D eigenvalue weighted by atomic mass is 10.1. The number of alkyl halides is 9. The van der Waals surface area contributed by atoms with Crippen LogP contribution in [-0.4, -0.2) is 59.6 Å². The molecule has 0 bridgehead atoms. The van der Waals surface area contributed by atoms with Gasteiger partial charge in [-0.1, -0.05) is 0 Å². The molecule has 0 aromatic heterocycles. The highest BCUT2D eigenvalue weighted by molar-refractivity contribution is 6.23. The third-order valence-corrected chi connectivity index (χ3v) is 4.40. The highest BCUT2D eigenvalue weighted by atomic mass is 19.4. The Bertz CT molecular complexity index is 1050. The second-order valence-electron chi connectivity index (χ2n) is 7.03. The molecule has 1 aliphatic rings. The van der Waals surface area contributed by atoms with Crippen molar-refractivity contribution in [1.82, 2.24) is 4.90 Å². The number of amides is 2. The second-order valence-corrected chi connectivity index (χ2v) is 7.03. The maximum atomic E-state index is 14.1. The van der Waals surface area contributed by atoms with E-state index < -0.39 is 100 Å². The zero-order valence-electron chi connectivity index (χ0n) is 16.9. The molecule has 1 heterocycles. The molecule has 6 nitrogen and oxygen atoms in total. The summed E-state index contributed by atoms with van der Waals surface area (Å²) in [5.41, 5.74) is -3.44. The summed E-state index contributed by atoms with van der Waals surface area (Å²) in [6.07, 6.45) is -21.6. The molecular weight excluding hydrogens is 545 g/mol. The van der Waals surface area contributed by atoms with Crippen LogP contribution in [0.25, 0.3) is 0 Å². The van der Waals surface area contributed by atoms with Crippen molar-refractivity contribution >= 4 is 17.8 Å². The van der Waals surface area contributed by atoms with Crippen LogP contribution in [0.2, 0.25) is 0 Å². The minimum atomic E-state index is -6.54. The standard InChI is InChI=1S/C17H8F13NO5/c1-4(31-11(32)5-6(12(31)33)8(19)10(21)9(20)7(5)18)13(34)35-3-14(22,17(28,29)30)36-16(26,27)2-15(23,24)25/h4H,2-3H2,1H3/t4-,14?/m0/s1. The maximum Gasteiger partial charge on any atom is 0.452 e. The molecule has 0 N–H and O–H groups in total. The SMILES string of the molecule is C[C@@H](C(=O)OCC(F)(OC(F)(F)CC(F)(F)F)C(F)(F)F)N1C(=O)c2c(F)c(F)c(F)c(F)c2C1=O. The summed E-state index contributed by atoms with van der Waals surface area (Å²) in [5.74, 6) is -21.9. The van der Waals surface area contributed by atoms with E-state index in [1.807, 2.05) is 0 Å². The quantitative estimate of drug-likeness (QED) is 0.163. The summed E-state index contributed by atoms with van der Waals surface area (Å²) in [6, 6.07) is -2.53. The lowest BCUT2D eigenvalue weighted by Crippen LogP contribution is -2.53. The molecule has 2 atom stereocenters. The van der Waals surface area contributed by atoms with Gasteiger partial charge >= 0.3 is 30.3 Å². The van der Waals surface area contributed by atoms with Gasteiger partial charge in [0.15, 0.2) is 29.9 Å². The van der Waals surface area contributed by atoms with Crippen LogP contribution < -0.4 is 0 Å². The fraction of sp³-hybridized carbons (Fsp3) is 0.471. The number of rotatable bonds is 7. The number of carbonyl (C=O) groups excluding carboxylic acids is 3. The van der Waals surface area contributed by atoms with Gasteiger partial charge in [0, 0.05) is 0 Å². The number of ether oxygens (including phenoxy) is 2. The average molecular weight is 553 g/mol. The molecule has 0 spiro atoms. The van der Waals surface area contributed by atoms with Crippen molar-refractivity contribution in [2.45, 2.75) is 43.7 Å². The Balaban J connectivity index is 2.28. The number of nitrogens with zero attached hydrogens (tertiary/aromatic N) is 1. The Morgan fingerprint density at radius 2 is 1.22 bits per heavy atom. The number of hydrogen-bond donors (Lipinski definition) is 0. The van der Waals surface area contributed by atoms with Crippen molar-refractivity contribution in [3.63, 3.8) is 0 Å². The monoisotopic (exact) mass is 553 g/mol. The molecule has 0 radical (unpaired) electrons. The summed E-state index contributed by atoms with van der Waals surface area (Å²) >= 11 is 0. The fourth-order valence-corrected chi connectivity index (χ4v) is 2.78. The summed E-state index contributed by atoms with van der Waals surface area (Å²) in [4.78, 5) is 35.9. The van der Waals surface area contributed by atoms with Gasteiger partial charge in [-0.3, -0.25) is 19.2 Å². The van der Waals surface area contributed by atoms with Gasteiger partial charge in [0.1, 0.15) is 12.5 Å². The molecule has 0 saturated carbocycles. The summed E-state index contributed by atoms with van der Waals surface area (Å²) in [7, 11) is 0. The molecule has 1 aromatic carbocycles. The van der Waals surface area contributed by atoms with Crippen molar-refractivity contribution in [3.05, 3.63) is 34.4 Å². The van der Waals surface area contributed by atoms with E-state index in [2.05, 4.69) is 9.47 Å². The second kappa shape index (κ2) is 9.07. The molecule has 0 saturated heterocycles. The smallest absolute Gasteiger partial charge is 0.452 e. The van der Waals surface area contributed by atoms with Gasteiger partial charge in [0.2, 0.25) is 0 Å². The van der Waals surface area contributed by atoms with E-state index in [0.717, 1.165) is 0 Å². The highest BCUT2D eigenvalue weighted by Crippen LogP contribution is 2.43. The first-order chi connectivity index (χ1) is 16.0. The predicted molar refractivity (Wildman–Crippen MR) is 83.8 cm³/mol. The van der Waals surface area contributed by atoms with Crippen LogP contribution in [0.1, 0.15) is 34.1 Å². The largest absolute Gasteiger partial charge is 0.458 e. The van der Waals surface area contributed by atoms with E-state index in [1.165, 1.54) is 0 Å². The van der Waals surface area contributed by atoms with E-state index in [0.29, 0.717) is 6.92 Å². The fourth-order valence-electron chi connectivity index (χ4n) is 2.78. The highest BCUT2D eigenvalue weighted by Gasteiger charge is 2.64. The molecule has 0 aliphatic carbocycles. The Labute approximate surface area is 189 Å². The third kappa shape index (κ3) is 5.34. The minimum absolute atomic E-state index is 0.416. The van der Waals surface area contributed by atoms with Gasteiger partial charge in [0.05, 0.1) is 11.1 Å². The zero-order chi connectivity index (χ0) is 28.2. The first-order valence-electron chi connectivity index (χ1n) is 8.85. The number of fused-ring (bicyclic) bond motifs is 1.